The first-order valence-corrected chi connectivity index (χ1v) is 2.47. The molecule has 0 fully saturated rings. The molecule has 0 N–H and O–H groups in total. The van der Waals surface area contributed by atoms with E-state index < -0.39 is 0 Å². The average Bonchev–Trinajstić information content (AvgIpc) is 1.69. The van der Waals surface area contributed by atoms with Crippen LogP contribution in [0.4, 0.5) is 0 Å². The van der Waals surface area contributed by atoms with Gasteiger partial charge in [0.25, 0.3) is 0 Å². The summed E-state index contributed by atoms with van der Waals surface area (Å²) < 4.78 is 0. The van der Waals surface area contributed by atoms with Crippen molar-refractivity contribution in [2.24, 2.45) is 4.99 Å². The lowest BCUT2D eigenvalue weighted by Gasteiger charge is -1.70. The maximum absolute atomic E-state index is 4.31. The van der Waals surface area contributed by atoms with Crippen molar-refractivity contribution in [3.8, 4) is 0 Å². The quantitative estimate of drug-likeness (QED) is 0.301. The Bertz CT molecular complexity index is 101. The highest BCUT2D eigenvalue weighted by atomic mass is 32.1. The van der Waals surface area contributed by atoms with E-state index in [0.29, 0.717) is 6.54 Å². The molecule has 0 aromatic heterocycles. The Morgan fingerprint density at radius 1 is 1.86 bits per heavy atom. The number of allylic oxidation sites excluding steroid dienone is 1. The van der Waals surface area contributed by atoms with E-state index in [1.807, 2.05) is 19.1 Å². The molecular formula is C5H7NS. The normalized spacial score (nSPS) is 8.71. The van der Waals surface area contributed by atoms with Gasteiger partial charge in [0.2, 0.25) is 0 Å². The molecule has 0 saturated heterocycles. The van der Waals surface area contributed by atoms with Crippen LogP contribution in [-0.2, 0) is 0 Å². The molecule has 0 aliphatic carbocycles. The minimum Gasteiger partial charge on any atom is -0.228 e. The SMILES string of the molecule is CC=CCN=C=S. The van der Waals surface area contributed by atoms with Crippen LogP contribution >= 0.6 is 12.2 Å². The van der Waals surface area contributed by atoms with Crippen LogP contribution in [0, 0.1) is 0 Å². The van der Waals surface area contributed by atoms with Crippen LogP contribution in [0.1, 0.15) is 6.92 Å². The van der Waals surface area contributed by atoms with E-state index in [4.69, 9.17) is 0 Å². The summed E-state index contributed by atoms with van der Waals surface area (Å²) in [5, 5.41) is 2.26. The van der Waals surface area contributed by atoms with Gasteiger partial charge < -0.3 is 0 Å². The summed E-state index contributed by atoms with van der Waals surface area (Å²) in [6.45, 7) is 2.61. The monoisotopic (exact) mass is 113 g/mol. The third-order valence-corrected chi connectivity index (χ3v) is 0.626. The van der Waals surface area contributed by atoms with Crippen LogP contribution in [0.3, 0.4) is 0 Å². The molecule has 0 aliphatic heterocycles. The molecule has 0 amide bonds. The predicted octanol–water partition coefficient (Wildman–Crippen LogP) is 1.67. The minimum atomic E-state index is 0.667. The number of hydrogen-bond acceptors (Lipinski definition) is 2. The molecule has 0 heterocycles. The molecule has 0 rings (SSSR count). The molecular weight excluding hydrogens is 106 g/mol. The number of nitrogens with zero attached hydrogens (tertiary/aromatic N) is 1. The fourth-order valence-electron chi connectivity index (χ4n) is 0.195. The van der Waals surface area contributed by atoms with Crippen LogP contribution in [0.15, 0.2) is 17.1 Å². The highest BCUT2D eigenvalue weighted by Crippen LogP contribution is 1.69. The molecule has 0 radical (unpaired) electrons. The number of aliphatic imine (C=N–C) groups is 1. The summed E-state index contributed by atoms with van der Waals surface area (Å²) >= 11 is 4.31. The maximum Gasteiger partial charge on any atom is 0.0673 e. The van der Waals surface area contributed by atoms with Gasteiger partial charge in [-0.15, -0.1) is 0 Å². The Morgan fingerprint density at radius 2 is 2.57 bits per heavy atom. The van der Waals surface area contributed by atoms with E-state index in [1.165, 1.54) is 0 Å². The van der Waals surface area contributed by atoms with Gasteiger partial charge in [-0.1, -0.05) is 12.2 Å². The summed E-state index contributed by atoms with van der Waals surface area (Å²) in [7, 11) is 0. The fraction of sp³-hybridized carbons (Fsp3) is 0.400. The first kappa shape index (κ1) is 6.54. The van der Waals surface area contributed by atoms with Crippen molar-refractivity contribution in [3.63, 3.8) is 0 Å². The van der Waals surface area contributed by atoms with Gasteiger partial charge in [0.15, 0.2) is 0 Å². The highest BCUT2D eigenvalue weighted by molar-refractivity contribution is 7.78. The third-order valence-electron chi connectivity index (χ3n) is 0.497. The van der Waals surface area contributed by atoms with Crippen molar-refractivity contribution in [1.82, 2.24) is 0 Å². The largest absolute Gasteiger partial charge is 0.228 e. The van der Waals surface area contributed by atoms with Crippen LogP contribution < -0.4 is 0 Å². The Kier molecular flexibility index (Phi) is 5.18. The highest BCUT2D eigenvalue weighted by Gasteiger charge is 1.60. The average molecular weight is 113 g/mol. The first-order valence-electron chi connectivity index (χ1n) is 2.06. The van der Waals surface area contributed by atoms with Crippen molar-refractivity contribution in [2.75, 3.05) is 6.54 Å². The van der Waals surface area contributed by atoms with Crippen molar-refractivity contribution < 1.29 is 0 Å². The van der Waals surface area contributed by atoms with Crippen LogP contribution in [-0.4, -0.2) is 11.7 Å². The zero-order chi connectivity index (χ0) is 5.54. The van der Waals surface area contributed by atoms with Crippen LogP contribution in [0.25, 0.3) is 0 Å². The van der Waals surface area contributed by atoms with Gasteiger partial charge in [-0.3, -0.25) is 0 Å². The van der Waals surface area contributed by atoms with E-state index in [1.54, 1.807) is 0 Å². The molecule has 1 nitrogen and oxygen atoms in total. The van der Waals surface area contributed by atoms with Gasteiger partial charge in [0.05, 0.1) is 11.7 Å². The molecule has 2 heteroatoms. The van der Waals surface area contributed by atoms with E-state index in [0.717, 1.165) is 0 Å². The van der Waals surface area contributed by atoms with Crippen molar-refractivity contribution in [1.29, 1.82) is 0 Å². The van der Waals surface area contributed by atoms with Gasteiger partial charge >= 0.3 is 0 Å². The summed E-state index contributed by atoms with van der Waals surface area (Å²) in [5.74, 6) is 0. The van der Waals surface area contributed by atoms with Crippen molar-refractivity contribution in [3.05, 3.63) is 12.2 Å². The van der Waals surface area contributed by atoms with Crippen molar-refractivity contribution in [2.45, 2.75) is 6.92 Å². The zero-order valence-electron chi connectivity index (χ0n) is 4.22. The molecule has 0 bridgehead atoms. The van der Waals surface area contributed by atoms with Gasteiger partial charge in [-0.2, -0.15) is 0 Å². The lowest BCUT2D eigenvalue weighted by molar-refractivity contribution is 1.26. The Hall–Kier alpha value is -0.460. The lowest BCUT2D eigenvalue weighted by atomic mass is 10.5. The molecule has 7 heavy (non-hydrogen) atoms. The Morgan fingerprint density at radius 3 is 3.00 bits per heavy atom. The van der Waals surface area contributed by atoms with Gasteiger partial charge in [-0.05, 0) is 19.1 Å². The summed E-state index contributed by atoms with van der Waals surface area (Å²) in [5.41, 5.74) is 0. The van der Waals surface area contributed by atoms with E-state index in [2.05, 4.69) is 22.4 Å². The summed E-state index contributed by atoms with van der Waals surface area (Å²) in [6, 6.07) is 0. The smallest absolute Gasteiger partial charge is 0.0673 e. The van der Waals surface area contributed by atoms with Crippen LogP contribution in [0.5, 0.6) is 0 Å². The maximum atomic E-state index is 4.31. The lowest BCUT2D eigenvalue weighted by Crippen LogP contribution is -1.64. The number of rotatable bonds is 2. The van der Waals surface area contributed by atoms with E-state index >= 15 is 0 Å². The van der Waals surface area contributed by atoms with Crippen LogP contribution in [0.2, 0.25) is 0 Å². The number of isothiocyanates is 1. The standard InChI is InChI=1S/C5H7NS/c1-2-3-4-6-5-7/h2-3H,4H2,1H3. The fourth-order valence-corrected chi connectivity index (χ4v) is 0.270. The van der Waals surface area contributed by atoms with E-state index in [-0.39, 0.29) is 0 Å². The summed E-state index contributed by atoms with van der Waals surface area (Å²) in [4.78, 5) is 3.64. The molecule has 0 aromatic carbocycles. The molecule has 0 atom stereocenters. The van der Waals surface area contributed by atoms with Gasteiger partial charge in [0, 0.05) is 0 Å². The summed E-state index contributed by atoms with van der Waals surface area (Å²) in [6.07, 6.45) is 3.84. The second-order valence-electron chi connectivity index (χ2n) is 1.00. The van der Waals surface area contributed by atoms with Gasteiger partial charge in [0.1, 0.15) is 0 Å². The topological polar surface area (TPSA) is 12.4 Å². The number of hydrogen-bond donors (Lipinski definition) is 0. The minimum absolute atomic E-state index is 0.667. The second-order valence-corrected chi connectivity index (χ2v) is 1.18. The molecule has 0 unspecified atom stereocenters. The Balaban J connectivity index is 3.15. The van der Waals surface area contributed by atoms with Gasteiger partial charge in [-0.25, -0.2) is 4.99 Å². The zero-order valence-corrected chi connectivity index (χ0v) is 5.03. The molecule has 0 aliphatic rings. The third kappa shape index (κ3) is 5.54. The van der Waals surface area contributed by atoms with E-state index in [9.17, 15) is 0 Å². The Labute approximate surface area is 48.8 Å². The second kappa shape index (κ2) is 5.54. The first-order chi connectivity index (χ1) is 3.41. The molecule has 0 saturated carbocycles. The van der Waals surface area contributed by atoms with Crippen molar-refractivity contribution >= 4 is 17.4 Å². The predicted molar refractivity (Wildman–Crippen MR) is 34.7 cm³/mol. The molecule has 38 valence electrons. The molecule has 0 aromatic rings. The molecule has 0 spiro atoms. The number of thiocarbonyl (C=S) groups is 1.